The maximum Gasteiger partial charge on any atom is 0.164 e. The van der Waals surface area contributed by atoms with E-state index in [0.29, 0.717) is 5.56 Å². The summed E-state index contributed by atoms with van der Waals surface area (Å²) in [5, 5.41) is 0. The zero-order valence-corrected chi connectivity index (χ0v) is 10.7. The first kappa shape index (κ1) is 13.6. The predicted molar refractivity (Wildman–Crippen MR) is 68.3 cm³/mol. The van der Waals surface area contributed by atoms with Crippen molar-refractivity contribution in [1.29, 1.82) is 0 Å². The molecule has 2 aromatic carbocycles. The zero-order chi connectivity index (χ0) is 14.2. The molecule has 0 aliphatic carbocycles. The van der Waals surface area contributed by atoms with Gasteiger partial charge in [0, 0.05) is 11.1 Å². The minimum absolute atomic E-state index is 0.0485. The van der Waals surface area contributed by atoms with Gasteiger partial charge in [-0.15, -0.1) is 0 Å². The number of hydrogen-bond donors (Lipinski definition) is 1. The summed E-state index contributed by atoms with van der Waals surface area (Å²) >= 11 is 0. The fourth-order valence-corrected chi connectivity index (χ4v) is 1.98. The van der Waals surface area contributed by atoms with E-state index in [4.69, 9.17) is 5.73 Å². The standard InChI is InChI=1S/C15H14F3N/c1-8-4-3-5-10(12(8)16)15(19)11-7-6-9(2)13(17)14(11)18/h3-7,15H,19H2,1-2H3. The van der Waals surface area contributed by atoms with Gasteiger partial charge in [-0.3, -0.25) is 0 Å². The molecule has 2 aromatic rings. The van der Waals surface area contributed by atoms with Crippen LogP contribution in [0.3, 0.4) is 0 Å². The van der Waals surface area contributed by atoms with Gasteiger partial charge in [-0.25, -0.2) is 13.2 Å². The molecule has 100 valence electrons. The van der Waals surface area contributed by atoms with Crippen LogP contribution >= 0.6 is 0 Å². The minimum Gasteiger partial charge on any atom is -0.320 e. The van der Waals surface area contributed by atoms with Gasteiger partial charge in [0.2, 0.25) is 0 Å². The number of benzene rings is 2. The molecule has 0 fully saturated rings. The number of hydrogen-bond acceptors (Lipinski definition) is 1. The normalized spacial score (nSPS) is 12.5. The second-order valence-corrected chi connectivity index (χ2v) is 4.56. The molecule has 1 nitrogen and oxygen atoms in total. The molecule has 2 N–H and O–H groups in total. The van der Waals surface area contributed by atoms with Crippen molar-refractivity contribution >= 4 is 0 Å². The summed E-state index contributed by atoms with van der Waals surface area (Å²) in [6.07, 6.45) is 0. The van der Waals surface area contributed by atoms with Crippen molar-refractivity contribution in [3.8, 4) is 0 Å². The van der Waals surface area contributed by atoms with Gasteiger partial charge in [0.15, 0.2) is 11.6 Å². The summed E-state index contributed by atoms with van der Waals surface area (Å²) in [5.74, 6) is -2.45. The molecule has 0 aromatic heterocycles. The van der Waals surface area contributed by atoms with E-state index in [1.807, 2.05) is 0 Å². The van der Waals surface area contributed by atoms with Gasteiger partial charge in [-0.1, -0.05) is 30.3 Å². The maximum absolute atomic E-state index is 14.0. The lowest BCUT2D eigenvalue weighted by atomic mass is 9.96. The maximum atomic E-state index is 14.0. The minimum atomic E-state index is -1.03. The van der Waals surface area contributed by atoms with Crippen LogP contribution in [0.15, 0.2) is 30.3 Å². The Morgan fingerprint density at radius 3 is 2.05 bits per heavy atom. The molecule has 0 bridgehead atoms. The van der Waals surface area contributed by atoms with Gasteiger partial charge in [-0.2, -0.15) is 0 Å². The van der Waals surface area contributed by atoms with Gasteiger partial charge < -0.3 is 5.73 Å². The topological polar surface area (TPSA) is 26.0 Å². The third-order valence-electron chi connectivity index (χ3n) is 3.20. The quantitative estimate of drug-likeness (QED) is 0.878. The molecule has 0 saturated carbocycles. The highest BCUT2D eigenvalue weighted by molar-refractivity contribution is 5.37. The molecule has 0 radical (unpaired) electrons. The highest BCUT2D eigenvalue weighted by Crippen LogP contribution is 2.27. The molecule has 19 heavy (non-hydrogen) atoms. The number of aryl methyl sites for hydroxylation is 2. The van der Waals surface area contributed by atoms with Gasteiger partial charge in [-0.05, 0) is 25.0 Å². The lowest BCUT2D eigenvalue weighted by Crippen LogP contribution is -2.16. The van der Waals surface area contributed by atoms with Crippen molar-refractivity contribution in [2.45, 2.75) is 19.9 Å². The third-order valence-corrected chi connectivity index (χ3v) is 3.20. The van der Waals surface area contributed by atoms with E-state index >= 15 is 0 Å². The van der Waals surface area contributed by atoms with Crippen LogP contribution in [0.25, 0.3) is 0 Å². The van der Waals surface area contributed by atoms with Crippen molar-refractivity contribution < 1.29 is 13.2 Å². The van der Waals surface area contributed by atoms with Crippen LogP contribution in [-0.4, -0.2) is 0 Å². The van der Waals surface area contributed by atoms with Gasteiger partial charge >= 0.3 is 0 Å². The van der Waals surface area contributed by atoms with E-state index in [2.05, 4.69) is 0 Å². The second kappa shape index (κ2) is 5.05. The monoisotopic (exact) mass is 265 g/mol. The predicted octanol–water partition coefficient (Wildman–Crippen LogP) is 3.77. The Bertz CT molecular complexity index is 623. The van der Waals surface area contributed by atoms with E-state index in [1.165, 1.54) is 25.1 Å². The summed E-state index contributed by atoms with van der Waals surface area (Å²) in [4.78, 5) is 0. The van der Waals surface area contributed by atoms with Crippen LogP contribution in [0, 0.1) is 31.3 Å². The second-order valence-electron chi connectivity index (χ2n) is 4.56. The van der Waals surface area contributed by atoms with Gasteiger partial charge in [0.1, 0.15) is 5.82 Å². The van der Waals surface area contributed by atoms with Crippen LogP contribution in [0.2, 0.25) is 0 Å². The van der Waals surface area contributed by atoms with E-state index in [-0.39, 0.29) is 16.7 Å². The van der Waals surface area contributed by atoms with Crippen molar-refractivity contribution in [1.82, 2.24) is 0 Å². The Hall–Kier alpha value is -1.81. The van der Waals surface area contributed by atoms with Crippen molar-refractivity contribution in [2.24, 2.45) is 5.73 Å². The van der Waals surface area contributed by atoms with E-state index < -0.39 is 23.5 Å². The zero-order valence-electron chi connectivity index (χ0n) is 10.7. The third kappa shape index (κ3) is 2.36. The Morgan fingerprint density at radius 2 is 1.37 bits per heavy atom. The first-order valence-electron chi connectivity index (χ1n) is 5.88. The van der Waals surface area contributed by atoms with E-state index in [0.717, 1.165) is 0 Å². The summed E-state index contributed by atoms with van der Waals surface area (Å²) in [5.41, 5.74) is 6.58. The molecule has 0 spiro atoms. The molecule has 1 unspecified atom stereocenters. The van der Waals surface area contributed by atoms with E-state index in [1.54, 1.807) is 19.1 Å². The van der Waals surface area contributed by atoms with Gasteiger partial charge in [0.05, 0.1) is 6.04 Å². The largest absolute Gasteiger partial charge is 0.320 e. The molecule has 1 atom stereocenters. The Morgan fingerprint density at radius 1 is 0.789 bits per heavy atom. The molecule has 0 saturated heterocycles. The molecule has 4 heteroatoms. The van der Waals surface area contributed by atoms with Crippen molar-refractivity contribution in [3.05, 3.63) is 70.0 Å². The van der Waals surface area contributed by atoms with Gasteiger partial charge in [0.25, 0.3) is 0 Å². The molecular formula is C15H14F3N. The van der Waals surface area contributed by atoms with Crippen LogP contribution in [0.5, 0.6) is 0 Å². The van der Waals surface area contributed by atoms with E-state index in [9.17, 15) is 13.2 Å². The summed E-state index contributed by atoms with van der Waals surface area (Å²) in [7, 11) is 0. The fourth-order valence-electron chi connectivity index (χ4n) is 1.98. The number of nitrogens with two attached hydrogens (primary N) is 1. The first-order chi connectivity index (χ1) is 8.93. The molecule has 2 rings (SSSR count). The summed E-state index contributed by atoms with van der Waals surface area (Å²) in [6, 6.07) is 6.49. The highest BCUT2D eigenvalue weighted by Gasteiger charge is 2.20. The Kier molecular flexibility index (Phi) is 3.62. The Balaban J connectivity index is 2.53. The molecule has 0 amide bonds. The lowest BCUT2D eigenvalue weighted by Gasteiger charge is -2.16. The molecule has 0 aliphatic heterocycles. The lowest BCUT2D eigenvalue weighted by molar-refractivity contribution is 0.487. The smallest absolute Gasteiger partial charge is 0.164 e. The average Bonchev–Trinajstić information content (AvgIpc) is 2.39. The summed E-state index contributed by atoms with van der Waals surface area (Å²) in [6.45, 7) is 3.05. The average molecular weight is 265 g/mol. The van der Waals surface area contributed by atoms with Crippen molar-refractivity contribution in [2.75, 3.05) is 0 Å². The number of rotatable bonds is 2. The fraction of sp³-hybridized carbons (Fsp3) is 0.200. The van der Waals surface area contributed by atoms with Crippen LogP contribution < -0.4 is 5.73 Å². The molecule has 0 aliphatic rings. The van der Waals surface area contributed by atoms with Crippen LogP contribution in [0.1, 0.15) is 28.3 Å². The van der Waals surface area contributed by atoms with Crippen LogP contribution in [0.4, 0.5) is 13.2 Å². The van der Waals surface area contributed by atoms with Crippen molar-refractivity contribution in [3.63, 3.8) is 0 Å². The van der Waals surface area contributed by atoms with Crippen LogP contribution in [-0.2, 0) is 0 Å². The highest BCUT2D eigenvalue weighted by atomic mass is 19.2. The molecular weight excluding hydrogens is 251 g/mol. The summed E-state index contributed by atoms with van der Waals surface area (Å²) < 4.78 is 41.3. The number of halogens is 3. The SMILES string of the molecule is Cc1cccc(C(N)c2ccc(C)c(F)c2F)c1F. The molecule has 0 heterocycles. The Labute approximate surface area is 109 Å². The first-order valence-corrected chi connectivity index (χ1v) is 5.88.